The van der Waals surface area contributed by atoms with Crippen LogP contribution in [0, 0.1) is 11.3 Å². The van der Waals surface area contributed by atoms with Crippen molar-refractivity contribution < 1.29 is 14.7 Å². The summed E-state index contributed by atoms with van der Waals surface area (Å²) >= 11 is 0. The van der Waals surface area contributed by atoms with Crippen LogP contribution >= 0.6 is 0 Å². The number of nitrogens with one attached hydrogen (secondary N) is 1. The summed E-state index contributed by atoms with van der Waals surface area (Å²) in [5.41, 5.74) is -0.947. The molecule has 0 aliphatic heterocycles. The molecule has 0 heterocycles. The van der Waals surface area contributed by atoms with Crippen LogP contribution in [0.1, 0.15) is 34.6 Å². The first-order chi connectivity index (χ1) is 7.59. The molecule has 0 bridgehead atoms. The van der Waals surface area contributed by atoms with Crippen molar-refractivity contribution in [3.05, 3.63) is 0 Å². The van der Waals surface area contributed by atoms with Crippen LogP contribution in [0.2, 0.25) is 0 Å². The summed E-state index contributed by atoms with van der Waals surface area (Å²) < 4.78 is 0. The Kier molecular flexibility index (Phi) is 5.45. The quantitative estimate of drug-likeness (QED) is 0.774. The smallest absolute Gasteiger partial charge is 0.317 e. The van der Waals surface area contributed by atoms with Gasteiger partial charge in [-0.15, -0.1) is 0 Å². The zero-order valence-electron chi connectivity index (χ0n) is 11.6. The third-order valence-electron chi connectivity index (χ3n) is 3.16. The molecule has 2 N–H and O–H groups in total. The Hall–Kier alpha value is -1.26. The zero-order chi connectivity index (χ0) is 13.8. The molecule has 5 heteroatoms. The monoisotopic (exact) mass is 244 g/mol. The maximum atomic E-state index is 11.8. The summed E-state index contributed by atoms with van der Waals surface area (Å²) in [6.45, 7) is 9.33. The molecule has 2 amide bonds. The highest BCUT2D eigenvalue weighted by atomic mass is 16.4. The molecular weight excluding hydrogens is 220 g/mol. The van der Waals surface area contributed by atoms with Crippen molar-refractivity contribution in [1.29, 1.82) is 0 Å². The third-order valence-corrected chi connectivity index (χ3v) is 3.16. The molecule has 5 nitrogen and oxygen atoms in total. The Morgan fingerprint density at radius 2 is 1.76 bits per heavy atom. The number of urea groups is 1. The van der Waals surface area contributed by atoms with E-state index in [-0.39, 0.29) is 18.6 Å². The van der Waals surface area contributed by atoms with Crippen molar-refractivity contribution in [3.63, 3.8) is 0 Å². The fourth-order valence-electron chi connectivity index (χ4n) is 1.13. The van der Waals surface area contributed by atoms with E-state index in [1.54, 1.807) is 25.8 Å². The van der Waals surface area contributed by atoms with Gasteiger partial charge in [-0.2, -0.15) is 0 Å². The van der Waals surface area contributed by atoms with Gasteiger partial charge in [0, 0.05) is 19.6 Å². The van der Waals surface area contributed by atoms with Crippen molar-refractivity contribution in [1.82, 2.24) is 10.2 Å². The molecule has 1 atom stereocenters. The maximum absolute atomic E-state index is 11.8. The van der Waals surface area contributed by atoms with Gasteiger partial charge in [-0.25, -0.2) is 4.79 Å². The number of rotatable bonds is 5. The van der Waals surface area contributed by atoms with Crippen molar-refractivity contribution in [2.75, 3.05) is 13.6 Å². The molecule has 0 radical (unpaired) electrons. The Labute approximate surface area is 103 Å². The summed E-state index contributed by atoms with van der Waals surface area (Å²) in [4.78, 5) is 24.3. The first-order valence-corrected chi connectivity index (χ1v) is 5.83. The number of nitrogens with zero attached hydrogens (tertiary/aromatic N) is 1. The SMILES string of the molecule is CC(C)C(C)N(C)C(=O)NCC(C)(C)C(=O)O. The second-order valence-corrected chi connectivity index (χ2v) is 5.44. The fourth-order valence-corrected chi connectivity index (χ4v) is 1.13. The van der Waals surface area contributed by atoms with Crippen LogP contribution in [0.25, 0.3) is 0 Å². The molecular formula is C12H24N2O3. The van der Waals surface area contributed by atoms with Crippen LogP contribution in [-0.4, -0.2) is 41.6 Å². The van der Waals surface area contributed by atoms with Gasteiger partial charge >= 0.3 is 12.0 Å². The number of carboxylic acid groups (broad SMARTS) is 1. The minimum Gasteiger partial charge on any atom is -0.481 e. The maximum Gasteiger partial charge on any atom is 0.317 e. The van der Waals surface area contributed by atoms with Crippen LogP contribution in [-0.2, 0) is 4.79 Å². The van der Waals surface area contributed by atoms with E-state index in [2.05, 4.69) is 5.32 Å². The summed E-state index contributed by atoms with van der Waals surface area (Å²) in [6, 6.07) is -0.122. The number of carbonyl (C=O) groups is 2. The van der Waals surface area contributed by atoms with Crippen LogP contribution in [0.5, 0.6) is 0 Å². The van der Waals surface area contributed by atoms with Crippen molar-refractivity contribution in [2.24, 2.45) is 11.3 Å². The minimum atomic E-state index is -0.947. The zero-order valence-corrected chi connectivity index (χ0v) is 11.6. The molecule has 17 heavy (non-hydrogen) atoms. The topological polar surface area (TPSA) is 69.6 Å². The lowest BCUT2D eigenvalue weighted by molar-refractivity contribution is -0.146. The van der Waals surface area contributed by atoms with Gasteiger partial charge in [-0.1, -0.05) is 13.8 Å². The minimum absolute atomic E-state index is 0.114. The van der Waals surface area contributed by atoms with Gasteiger partial charge < -0.3 is 15.3 Å². The van der Waals surface area contributed by atoms with E-state index in [1.807, 2.05) is 20.8 Å². The van der Waals surface area contributed by atoms with E-state index in [1.165, 1.54) is 0 Å². The molecule has 0 aliphatic carbocycles. The Bertz CT molecular complexity index is 287. The van der Waals surface area contributed by atoms with E-state index in [9.17, 15) is 9.59 Å². The second-order valence-electron chi connectivity index (χ2n) is 5.44. The van der Waals surface area contributed by atoms with E-state index in [0.717, 1.165) is 0 Å². The predicted octanol–water partition coefficient (Wildman–Crippen LogP) is 1.78. The standard InChI is InChI=1S/C12H24N2O3/c1-8(2)9(3)14(6)11(17)13-7-12(4,5)10(15)16/h8-9H,7H2,1-6H3,(H,13,17)(H,15,16). The largest absolute Gasteiger partial charge is 0.481 e. The first-order valence-electron chi connectivity index (χ1n) is 5.83. The fraction of sp³-hybridized carbons (Fsp3) is 0.833. The lowest BCUT2D eigenvalue weighted by Crippen LogP contribution is -2.48. The molecule has 0 fully saturated rings. The Balaban J connectivity index is 4.33. The average Bonchev–Trinajstić information content (AvgIpc) is 2.23. The highest BCUT2D eigenvalue weighted by Gasteiger charge is 2.28. The molecule has 0 saturated heterocycles. The molecule has 0 aliphatic rings. The first kappa shape index (κ1) is 15.7. The number of hydrogen-bond donors (Lipinski definition) is 2. The Morgan fingerprint density at radius 1 is 1.29 bits per heavy atom. The summed E-state index contributed by atoms with van der Waals surface area (Å²) in [7, 11) is 1.72. The highest BCUT2D eigenvalue weighted by Crippen LogP contribution is 2.14. The van der Waals surface area contributed by atoms with Crippen molar-refractivity contribution in [3.8, 4) is 0 Å². The van der Waals surface area contributed by atoms with Gasteiger partial charge in [-0.05, 0) is 26.7 Å². The molecule has 0 aromatic carbocycles. The van der Waals surface area contributed by atoms with Gasteiger partial charge in [-0.3, -0.25) is 4.79 Å². The van der Waals surface area contributed by atoms with Crippen LogP contribution in [0.3, 0.4) is 0 Å². The predicted molar refractivity (Wildman–Crippen MR) is 66.9 cm³/mol. The van der Waals surface area contributed by atoms with Crippen LogP contribution < -0.4 is 5.32 Å². The number of hydrogen-bond acceptors (Lipinski definition) is 2. The molecule has 1 unspecified atom stereocenters. The van der Waals surface area contributed by atoms with E-state index >= 15 is 0 Å². The summed E-state index contributed by atoms with van der Waals surface area (Å²) in [6.07, 6.45) is 0. The van der Waals surface area contributed by atoms with Gasteiger partial charge in [0.15, 0.2) is 0 Å². The molecule has 0 rings (SSSR count). The molecule has 0 aromatic heterocycles. The van der Waals surface area contributed by atoms with E-state index < -0.39 is 11.4 Å². The van der Waals surface area contributed by atoms with Gasteiger partial charge in [0.05, 0.1) is 5.41 Å². The van der Waals surface area contributed by atoms with E-state index in [0.29, 0.717) is 5.92 Å². The second kappa shape index (κ2) is 5.89. The van der Waals surface area contributed by atoms with Crippen molar-refractivity contribution in [2.45, 2.75) is 40.7 Å². The van der Waals surface area contributed by atoms with Crippen LogP contribution in [0.15, 0.2) is 0 Å². The number of aliphatic carboxylic acids is 1. The lowest BCUT2D eigenvalue weighted by Gasteiger charge is -2.29. The third kappa shape index (κ3) is 4.63. The van der Waals surface area contributed by atoms with Gasteiger partial charge in [0.1, 0.15) is 0 Å². The van der Waals surface area contributed by atoms with Gasteiger partial charge in [0.2, 0.25) is 0 Å². The number of carbonyl (C=O) groups excluding carboxylic acids is 1. The Morgan fingerprint density at radius 3 is 2.12 bits per heavy atom. The molecule has 100 valence electrons. The van der Waals surface area contributed by atoms with Crippen LogP contribution in [0.4, 0.5) is 4.79 Å². The van der Waals surface area contributed by atoms with E-state index in [4.69, 9.17) is 5.11 Å². The number of amides is 2. The number of carboxylic acids is 1. The highest BCUT2D eigenvalue weighted by molar-refractivity contribution is 5.77. The molecule has 0 saturated carbocycles. The van der Waals surface area contributed by atoms with Crippen molar-refractivity contribution >= 4 is 12.0 Å². The average molecular weight is 244 g/mol. The molecule has 0 spiro atoms. The van der Waals surface area contributed by atoms with Gasteiger partial charge in [0.25, 0.3) is 0 Å². The molecule has 0 aromatic rings. The lowest BCUT2D eigenvalue weighted by atomic mass is 9.94. The summed E-state index contributed by atoms with van der Waals surface area (Å²) in [5, 5.41) is 11.6. The summed E-state index contributed by atoms with van der Waals surface area (Å²) in [5.74, 6) is -0.560. The normalized spacial score (nSPS) is 13.4.